The minimum atomic E-state index is -3.32. The van der Waals surface area contributed by atoms with Crippen molar-refractivity contribution >= 4 is 34.2 Å². The molecule has 0 heterocycles. The lowest BCUT2D eigenvalue weighted by Crippen LogP contribution is -2.29. The zero-order valence-electron chi connectivity index (χ0n) is 12.8. The first-order valence-electron chi connectivity index (χ1n) is 7.81. The highest BCUT2D eigenvalue weighted by atomic mass is 32.2. The zero-order valence-corrected chi connectivity index (χ0v) is 15.3. The van der Waals surface area contributed by atoms with E-state index < -0.39 is 9.84 Å². The van der Waals surface area contributed by atoms with Gasteiger partial charge in [-0.3, -0.25) is 0 Å². The van der Waals surface area contributed by atoms with E-state index in [2.05, 4.69) is 12.6 Å². The average Bonchev–Trinajstić information content (AvgIpc) is 2.56. The van der Waals surface area contributed by atoms with Crippen LogP contribution in [0, 0.1) is 0 Å². The Morgan fingerprint density at radius 3 is 2.39 bits per heavy atom. The molecular weight excluding hydrogens is 344 g/mol. The van der Waals surface area contributed by atoms with Crippen molar-refractivity contribution < 1.29 is 8.42 Å². The Bertz CT molecular complexity index is 757. The molecule has 2 nitrogen and oxygen atoms in total. The summed E-state index contributed by atoms with van der Waals surface area (Å²) in [5.41, 5.74) is 0. The van der Waals surface area contributed by atoms with Crippen molar-refractivity contribution in [3.8, 4) is 0 Å². The normalized spacial score (nSPS) is 22.0. The summed E-state index contributed by atoms with van der Waals surface area (Å²) in [4.78, 5) is 2.31. The van der Waals surface area contributed by atoms with Crippen LogP contribution in [0.15, 0.2) is 69.3 Å². The summed E-state index contributed by atoms with van der Waals surface area (Å²) in [5, 5.41) is -0.117. The van der Waals surface area contributed by atoms with Crippen LogP contribution >= 0.6 is 24.4 Å². The molecule has 0 radical (unpaired) electrons. The molecule has 0 N–H and O–H groups in total. The van der Waals surface area contributed by atoms with Crippen molar-refractivity contribution in [3.05, 3.63) is 54.6 Å². The van der Waals surface area contributed by atoms with Gasteiger partial charge in [0.15, 0.2) is 9.84 Å². The quantitative estimate of drug-likeness (QED) is 0.787. The van der Waals surface area contributed by atoms with Gasteiger partial charge in [0.05, 0.1) is 10.1 Å². The Balaban J connectivity index is 1.93. The first-order chi connectivity index (χ1) is 11.1. The Kier molecular flexibility index (Phi) is 5.39. The molecule has 2 atom stereocenters. The molecule has 1 fully saturated rings. The van der Waals surface area contributed by atoms with Crippen LogP contribution in [-0.4, -0.2) is 18.9 Å². The maximum atomic E-state index is 13.1. The molecule has 5 heteroatoms. The molecule has 122 valence electrons. The van der Waals surface area contributed by atoms with Gasteiger partial charge in [-0.2, -0.15) is 12.6 Å². The van der Waals surface area contributed by atoms with Crippen LogP contribution in [0.4, 0.5) is 0 Å². The smallest absolute Gasteiger partial charge is 0.182 e. The van der Waals surface area contributed by atoms with E-state index in [1.54, 1.807) is 6.07 Å². The largest absolute Gasteiger partial charge is 0.223 e. The summed E-state index contributed by atoms with van der Waals surface area (Å²) in [5.74, 6) is 0. The number of thiol groups is 1. The minimum absolute atomic E-state index is 0.192. The fourth-order valence-electron chi connectivity index (χ4n) is 2.97. The topological polar surface area (TPSA) is 34.1 Å². The molecule has 0 amide bonds. The zero-order chi connectivity index (χ0) is 16.3. The van der Waals surface area contributed by atoms with Crippen LogP contribution in [0.3, 0.4) is 0 Å². The van der Waals surface area contributed by atoms with Gasteiger partial charge in [0.2, 0.25) is 0 Å². The maximum absolute atomic E-state index is 13.1. The van der Waals surface area contributed by atoms with Crippen LogP contribution < -0.4 is 0 Å². The van der Waals surface area contributed by atoms with Gasteiger partial charge in [-0.1, -0.05) is 48.5 Å². The molecule has 1 saturated carbocycles. The first kappa shape index (κ1) is 16.9. The second kappa shape index (κ2) is 7.32. The van der Waals surface area contributed by atoms with Crippen molar-refractivity contribution in [1.82, 2.24) is 0 Å². The van der Waals surface area contributed by atoms with Gasteiger partial charge in [-0.25, -0.2) is 8.42 Å². The van der Waals surface area contributed by atoms with Crippen molar-refractivity contribution in [2.24, 2.45) is 0 Å². The second-order valence-electron chi connectivity index (χ2n) is 5.85. The van der Waals surface area contributed by atoms with E-state index in [-0.39, 0.29) is 10.5 Å². The van der Waals surface area contributed by atoms with E-state index in [0.717, 1.165) is 29.1 Å². The molecule has 0 aromatic heterocycles. The van der Waals surface area contributed by atoms with Crippen molar-refractivity contribution in [2.45, 2.75) is 50.9 Å². The van der Waals surface area contributed by atoms with Gasteiger partial charge in [0.25, 0.3) is 0 Å². The monoisotopic (exact) mass is 364 g/mol. The van der Waals surface area contributed by atoms with Gasteiger partial charge in [-0.05, 0) is 43.5 Å². The van der Waals surface area contributed by atoms with Gasteiger partial charge < -0.3 is 0 Å². The second-order valence-corrected chi connectivity index (χ2v) is 9.89. The minimum Gasteiger partial charge on any atom is -0.223 e. The SMILES string of the molecule is O=S(=O)(c1ccccc1Sc1ccccc1)[C@H]1CCC[C@H](S)C1. The molecule has 2 aromatic rings. The Hall–Kier alpha value is -0.910. The Morgan fingerprint density at radius 1 is 0.957 bits per heavy atom. The van der Waals surface area contributed by atoms with Crippen LogP contribution in [0.2, 0.25) is 0 Å². The lowest BCUT2D eigenvalue weighted by molar-refractivity contribution is 0.493. The molecule has 0 bridgehead atoms. The fraction of sp³-hybridized carbons (Fsp3) is 0.333. The van der Waals surface area contributed by atoms with E-state index in [9.17, 15) is 8.42 Å². The van der Waals surface area contributed by atoms with E-state index in [0.29, 0.717) is 11.3 Å². The first-order valence-corrected chi connectivity index (χ1v) is 10.7. The third-order valence-electron chi connectivity index (χ3n) is 4.16. The van der Waals surface area contributed by atoms with Crippen LogP contribution in [0.1, 0.15) is 25.7 Å². The van der Waals surface area contributed by atoms with E-state index in [4.69, 9.17) is 0 Å². The highest BCUT2D eigenvalue weighted by molar-refractivity contribution is 8.00. The van der Waals surface area contributed by atoms with Gasteiger partial charge in [0, 0.05) is 15.0 Å². The molecule has 0 spiro atoms. The molecule has 1 aliphatic carbocycles. The average molecular weight is 365 g/mol. The summed E-state index contributed by atoms with van der Waals surface area (Å²) in [6.45, 7) is 0. The highest BCUT2D eigenvalue weighted by Gasteiger charge is 2.33. The summed E-state index contributed by atoms with van der Waals surface area (Å²) in [6, 6.07) is 17.2. The predicted molar refractivity (Wildman–Crippen MR) is 99.2 cm³/mol. The van der Waals surface area contributed by atoms with Crippen LogP contribution in [0.25, 0.3) is 0 Å². The van der Waals surface area contributed by atoms with Crippen molar-refractivity contribution in [3.63, 3.8) is 0 Å². The molecule has 3 rings (SSSR count). The number of sulfone groups is 1. The molecule has 0 saturated heterocycles. The summed E-state index contributed by atoms with van der Waals surface area (Å²) in [7, 11) is -3.32. The molecule has 0 unspecified atom stereocenters. The van der Waals surface area contributed by atoms with Crippen LogP contribution in [-0.2, 0) is 9.84 Å². The van der Waals surface area contributed by atoms with Gasteiger partial charge in [-0.15, -0.1) is 0 Å². The van der Waals surface area contributed by atoms with Crippen molar-refractivity contribution in [2.75, 3.05) is 0 Å². The van der Waals surface area contributed by atoms with E-state index in [1.807, 2.05) is 48.5 Å². The lowest BCUT2D eigenvalue weighted by atomic mass is 10.00. The molecule has 2 aromatic carbocycles. The van der Waals surface area contributed by atoms with Crippen LogP contribution in [0.5, 0.6) is 0 Å². The molecule has 0 aliphatic heterocycles. The van der Waals surface area contributed by atoms with Crippen molar-refractivity contribution in [1.29, 1.82) is 0 Å². The maximum Gasteiger partial charge on any atom is 0.182 e. The number of hydrogen-bond donors (Lipinski definition) is 1. The lowest BCUT2D eigenvalue weighted by Gasteiger charge is -2.26. The Morgan fingerprint density at radius 2 is 1.65 bits per heavy atom. The van der Waals surface area contributed by atoms with E-state index >= 15 is 0 Å². The third kappa shape index (κ3) is 3.95. The summed E-state index contributed by atoms with van der Waals surface area (Å²) in [6.07, 6.45) is 3.33. The highest BCUT2D eigenvalue weighted by Crippen LogP contribution is 2.37. The standard InChI is InChI=1S/C18H20O2S3/c19-23(20,16-10-6-7-14(21)13-16)18-12-5-4-11-17(18)22-15-8-2-1-3-9-15/h1-5,8-9,11-12,14,16,21H,6-7,10,13H2/t14-,16-/m0/s1. The predicted octanol–water partition coefficient (Wildman–Crippen LogP) is 4.85. The fourth-order valence-corrected chi connectivity index (χ4v) is 6.82. The van der Waals surface area contributed by atoms with E-state index in [1.165, 1.54) is 11.8 Å². The third-order valence-corrected chi connectivity index (χ3v) is 8.12. The molecule has 23 heavy (non-hydrogen) atoms. The van der Waals surface area contributed by atoms with Gasteiger partial charge >= 0.3 is 0 Å². The molecular formula is C18H20O2S3. The van der Waals surface area contributed by atoms with Gasteiger partial charge in [0.1, 0.15) is 0 Å². The number of rotatable bonds is 4. The summed E-state index contributed by atoms with van der Waals surface area (Å²) < 4.78 is 26.2. The summed E-state index contributed by atoms with van der Waals surface area (Å²) >= 11 is 6.01. The number of benzene rings is 2. The Labute approximate surface area is 148 Å². The number of hydrogen-bond acceptors (Lipinski definition) is 4. The molecule has 1 aliphatic rings.